The molecule has 0 aliphatic heterocycles. The van der Waals surface area contributed by atoms with Gasteiger partial charge in [-0.25, -0.2) is 10.4 Å². The first-order valence-electron chi connectivity index (χ1n) is 6.76. The molecule has 0 spiro atoms. The minimum Gasteiger partial charge on any atom is -0.507 e. The number of fused-ring (bicyclic) bond motifs is 1. The maximum Gasteiger partial charge on any atom is 0.224 e. The smallest absolute Gasteiger partial charge is 0.224 e. The number of aryl methyl sites for hydroxylation is 1. The van der Waals surface area contributed by atoms with Crippen molar-refractivity contribution in [3.8, 4) is 11.5 Å². The third-order valence-corrected chi connectivity index (χ3v) is 3.39. The number of para-hydroxylation sites is 2. The molecule has 1 aromatic heterocycles. The summed E-state index contributed by atoms with van der Waals surface area (Å²) in [4.78, 5) is 4.45. The van der Waals surface area contributed by atoms with Gasteiger partial charge in [0.05, 0.1) is 24.4 Å². The minimum absolute atomic E-state index is 0.136. The maximum atomic E-state index is 9.80. The van der Waals surface area contributed by atoms with Gasteiger partial charge in [0, 0.05) is 12.6 Å². The molecule has 0 radical (unpaired) electrons. The zero-order valence-electron chi connectivity index (χ0n) is 12.3. The van der Waals surface area contributed by atoms with Gasteiger partial charge < -0.3 is 14.4 Å². The number of hydrazone groups is 1. The second-order valence-electron chi connectivity index (χ2n) is 4.78. The van der Waals surface area contributed by atoms with Gasteiger partial charge in [0.25, 0.3) is 0 Å². The fraction of sp³-hybridized carbons (Fsp3) is 0.125. The van der Waals surface area contributed by atoms with E-state index in [4.69, 9.17) is 4.74 Å². The standard InChI is InChI=1S/C16H16N4O2/c1-20-14-6-4-3-5-13(14)18-16(20)19-17-10-11-9-12(22-2)7-8-15(11)21/h3-10,21H,1-2H3,(H,18,19)/b17-10+. The predicted molar refractivity (Wildman–Crippen MR) is 86.6 cm³/mol. The molecule has 3 aromatic rings. The lowest BCUT2D eigenvalue weighted by molar-refractivity contribution is 0.412. The van der Waals surface area contributed by atoms with Gasteiger partial charge in [0.1, 0.15) is 11.5 Å². The summed E-state index contributed by atoms with van der Waals surface area (Å²) >= 11 is 0. The van der Waals surface area contributed by atoms with Gasteiger partial charge in [-0.15, -0.1) is 0 Å². The molecule has 1 heterocycles. The minimum atomic E-state index is 0.136. The molecule has 112 valence electrons. The van der Waals surface area contributed by atoms with Crippen molar-refractivity contribution in [2.45, 2.75) is 0 Å². The van der Waals surface area contributed by atoms with Crippen molar-refractivity contribution in [3.05, 3.63) is 48.0 Å². The lowest BCUT2D eigenvalue weighted by atomic mass is 10.2. The summed E-state index contributed by atoms with van der Waals surface area (Å²) in [6, 6.07) is 12.8. The molecule has 2 aromatic carbocycles. The average Bonchev–Trinajstić information content (AvgIpc) is 2.86. The molecule has 0 unspecified atom stereocenters. The van der Waals surface area contributed by atoms with E-state index in [-0.39, 0.29) is 5.75 Å². The number of imidazole rings is 1. The Morgan fingerprint density at radius 2 is 2.09 bits per heavy atom. The molecule has 0 bridgehead atoms. The summed E-state index contributed by atoms with van der Waals surface area (Å²) in [6.07, 6.45) is 1.52. The van der Waals surface area contributed by atoms with Crippen molar-refractivity contribution in [2.75, 3.05) is 12.5 Å². The van der Waals surface area contributed by atoms with Crippen molar-refractivity contribution in [1.29, 1.82) is 0 Å². The molecule has 22 heavy (non-hydrogen) atoms. The third-order valence-electron chi connectivity index (χ3n) is 3.39. The van der Waals surface area contributed by atoms with Crippen LogP contribution < -0.4 is 10.2 Å². The summed E-state index contributed by atoms with van der Waals surface area (Å²) in [5.41, 5.74) is 5.36. The number of hydrogen-bond acceptors (Lipinski definition) is 5. The number of phenolic OH excluding ortho intramolecular Hbond substituents is 1. The highest BCUT2D eigenvalue weighted by Gasteiger charge is 2.05. The first kappa shape index (κ1) is 13.9. The van der Waals surface area contributed by atoms with Crippen molar-refractivity contribution >= 4 is 23.2 Å². The fourth-order valence-electron chi connectivity index (χ4n) is 2.17. The van der Waals surface area contributed by atoms with E-state index in [1.54, 1.807) is 25.3 Å². The van der Waals surface area contributed by atoms with Crippen LogP contribution in [0.1, 0.15) is 5.56 Å². The normalized spacial score (nSPS) is 11.2. The van der Waals surface area contributed by atoms with Gasteiger partial charge in [0.15, 0.2) is 0 Å². The summed E-state index contributed by atoms with van der Waals surface area (Å²) in [7, 11) is 3.49. The third kappa shape index (κ3) is 2.58. The lowest BCUT2D eigenvalue weighted by Gasteiger charge is -2.03. The molecular formula is C16H16N4O2. The number of ether oxygens (including phenoxy) is 1. The van der Waals surface area contributed by atoms with Crippen LogP contribution in [0.5, 0.6) is 11.5 Å². The van der Waals surface area contributed by atoms with Gasteiger partial charge in [0.2, 0.25) is 5.95 Å². The monoisotopic (exact) mass is 296 g/mol. The van der Waals surface area contributed by atoms with Gasteiger partial charge in [-0.2, -0.15) is 5.10 Å². The fourth-order valence-corrected chi connectivity index (χ4v) is 2.17. The largest absolute Gasteiger partial charge is 0.507 e. The van der Waals surface area contributed by atoms with Crippen molar-refractivity contribution < 1.29 is 9.84 Å². The van der Waals surface area contributed by atoms with Gasteiger partial charge >= 0.3 is 0 Å². The predicted octanol–water partition coefficient (Wildman–Crippen LogP) is 2.73. The van der Waals surface area contributed by atoms with E-state index in [1.807, 2.05) is 35.9 Å². The Morgan fingerprint density at radius 3 is 2.86 bits per heavy atom. The Bertz CT molecular complexity index is 839. The summed E-state index contributed by atoms with van der Waals surface area (Å²) < 4.78 is 7.04. The topological polar surface area (TPSA) is 71.7 Å². The SMILES string of the molecule is COc1ccc(O)c(/C=N/Nc2nc3ccccc3n2C)c1. The Morgan fingerprint density at radius 1 is 1.27 bits per heavy atom. The molecule has 0 aliphatic carbocycles. The Labute approximate surface area is 127 Å². The van der Waals surface area contributed by atoms with Crippen LogP contribution in [-0.4, -0.2) is 28.0 Å². The van der Waals surface area contributed by atoms with Crippen molar-refractivity contribution in [3.63, 3.8) is 0 Å². The number of rotatable bonds is 4. The summed E-state index contributed by atoms with van der Waals surface area (Å²) in [6.45, 7) is 0. The molecule has 6 nitrogen and oxygen atoms in total. The Kier molecular flexibility index (Phi) is 3.65. The van der Waals surface area contributed by atoms with E-state index in [9.17, 15) is 5.11 Å². The highest BCUT2D eigenvalue weighted by atomic mass is 16.5. The van der Waals surface area contributed by atoms with E-state index in [0.717, 1.165) is 11.0 Å². The molecule has 6 heteroatoms. The van der Waals surface area contributed by atoms with E-state index < -0.39 is 0 Å². The molecule has 0 aliphatic rings. The van der Waals surface area contributed by atoms with Crippen LogP contribution in [0.25, 0.3) is 11.0 Å². The Hall–Kier alpha value is -3.02. The number of aromatic hydroxyl groups is 1. The summed E-state index contributed by atoms with van der Waals surface area (Å²) in [5, 5.41) is 13.9. The summed E-state index contributed by atoms with van der Waals surface area (Å²) in [5.74, 6) is 1.41. The van der Waals surface area contributed by atoms with Crippen LogP contribution in [0.2, 0.25) is 0 Å². The number of nitrogens with zero attached hydrogens (tertiary/aromatic N) is 3. The van der Waals surface area contributed by atoms with E-state index in [0.29, 0.717) is 17.3 Å². The molecule has 0 fully saturated rings. The number of benzene rings is 2. The molecule has 0 saturated carbocycles. The number of phenols is 1. The van der Waals surface area contributed by atoms with Gasteiger partial charge in [-0.05, 0) is 30.3 Å². The number of hydrogen-bond donors (Lipinski definition) is 2. The van der Waals surface area contributed by atoms with Crippen LogP contribution in [0, 0.1) is 0 Å². The first-order valence-corrected chi connectivity index (χ1v) is 6.76. The number of methoxy groups -OCH3 is 1. The van der Waals surface area contributed by atoms with Crippen molar-refractivity contribution in [1.82, 2.24) is 9.55 Å². The molecule has 0 atom stereocenters. The van der Waals surface area contributed by atoms with Crippen LogP contribution in [0.15, 0.2) is 47.6 Å². The van der Waals surface area contributed by atoms with Gasteiger partial charge in [-0.1, -0.05) is 12.1 Å². The Balaban J connectivity index is 1.83. The zero-order valence-corrected chi connectivity index (χ0v) is 12.3. The number of anilines is 1. The molecule has 0 saturated heterocycles. The first-order chi connectivity index (χ1) is 10.7. The van der Waals surface area contributed by atoms with Crippen molar-refractivity contribution in [2.24, 2.45) is 12.1 Å². The quantitative estimate of drug-likeness (QED) is 0.573. The second kappa shape index (κ2) is 5.77. The van der Waals surface area contributed by atoms with E-state index in [1.165, 1.54) is 6.21 Å². The molecule has 0 amide bonds. The molecule has 2 N–H and O–H groups in total. The lowest BCUT2D eigenvalue weighted by Crippen LogP contribution is -1.99. The average molecular weight is 296 g/mol. The van der Waals surface area contributed by atoms with Gasteiger partial charge in [-0.3, -0.25) is 0 Å². The maximum absolute atomic E-state index is 9.80. The highest BCUT2D eigenvalue weighted by Crippen LogP contribution is 2.21. The second-order valence-corrected chi connectivity index (χ2v) is 4.78. The van der Waals surface area contributed by atoms with Crippen LogP contribution in [-0.2, 0) is 7.05 Å². The van der Waals surface area contributed by atoms with E-state index in [2.05, 4.69) is 15.5 Å². The molecular weight excluding hydrogens is 280 g/mol. The molecule has 3 rings (SSSR count). The van der Waals surface area contributed by atoms with Crippen LogP contribution in [0.3, 0.4) is 0 Å². The van der Waals surface area contributed by atoms with Crippen LogP contribution >= 0.6 is 0 Å². The van der Waals surface area contributed by atoms with Crippen LogP contribution in [0.4, 0.5) is 5.95 Å². The van der Waals surface area contributed by atoms with E-state index >= 15 is 0 Å². The highest BCUT2D eigenvalue weighted by molar-refractivity contribution is 5.85. The zero-order chi connectivity index (χ0) is 15.5. The number of aromatic nitrogens is 2. The number of nitrogens with one attached hydrogen (secondary N) is 1.